The van der Waals surface area contributed by atoms with E-state index in [1.165, 1.54) is 6.42 Å². The molecule has 20 heavy (non-hydrogen) atoms. The van der Waals surface area contributed by atoms with Crippen LogP contribution in [0.4, 0.5) is 0 Å². The van der Waals surface area contributed by atoms with Gasteiger partial charge in [0.15, 0.2) is 0 Å². The smallest absolute Gasteiger partial charge is 0.326 e. The Balaban J connectivity index is 2.02. The average Bonchev–Trinajstić information content (AvgIpc) is 2.64. The highest BCUT2D eigenvalue weighted by atomic mass is 16.4. The second-order valence-electron chi connectivity index (χ2n) is 6.39. The summed E-state index contributed by atoms with van der Waals surface area (Å²) in [5, 5.41) is 9.33. The summed E-state index contributed by atoms with van der Waals surface area (Å²) in [4.78, 5) is 25.5. The van der Waals surface area contributed by atoms with Crippen LogP contribution in [0.2, 0.25) is 0 Å². The third kappa shape index (κ3) is 3.72. The molecule has 1 atom stereocenters. The third-order valence-electron chi connectivity index (χ3n) is 4.71. The molecule has 0 radical (unpaired) electrons. The van der Waals surface area contributed by atoms with E-state index in [9.17, 15) is 14.7 Å². The Morgan fingerprint density at radius 3 is 2.40 bits per heavy atom. The third-order valence-corrected chi connectivity index (χ3v) is 4.71. The summed E-state index contributed by atoms with van der Waals surface area (Å²) in [7, 11) is 0. The van der Waals surface area contributed by atoms with Crippen LogP contribution in [-0.2, 0) is 9.59 Å². The molecule has 1 unspecified atom stereocenters. The Morgan fingerprint density at radius 2 is 1.75 bits per heavy atom. The van der Waals surface area contributed by atoms with Gasteiger partial charge in [0.2, 0.25) is 5.91 Å². The minimum atomic E-state index is -0.880. The highest BCUT2D eigenvalue weighted by molar-refractivity contribution is 5.84. The quantitative estimate of drug-likeness (QED) is 0.828. The SMILES string of the molecule is NC1(CC(=O)N2CCCCCC2C(=O)O)CCCCC1. The Morgan fingerprint density at radius 1 is 1.10 bits per heavy atom. The lowest BCUT2D eigenvalue weighted by Gasteiger charge is -2.36. The van der Waals surface area contributed by atoms with E-state index in [2.05, 4.69) is 0 Å². The van der Waals surface area contributed by atoms with Gasteiger partial charge in [-0.1, -0.05) is 32.1 Å². The predicted octanol–water partition coefficient (Wildman–Crippen LogP) is 1.89. The molecule has 0 aromatic rings. The maximum atomic E-state index is 12.5. The number of nitrogens with two attached hydrogens (primary N) is 1. The lowest BCUT2D eigenvalue weighted by molar-refractivity contribution is -0.150. The monoisotopic (exact) mass is 282 g/mol. The van der Waals surface area contributed by atoms with Gasteiger partial charge in [0.1, 0.15) is 6.04 Å². The number of carboxylic acids is 1. The highest BCUT2D eigenvalue weighted by Gasteiger charge is 2.36. The molecule has 0 aromatic heterocycles. The summed E-state index contributed by atoms with van der Waals surface area (Å²) in [5.74, 6) is -0.946. The molecular weight excluding hydrogens is 256 g/mol. The number of likely N-dealkylation sites (tertiary alicyclic amines) is 1. The minimum Gasteiger partial charge on any atom is -0.480 e. The van der Waals surface area contributed by atoms with E-state index in [1.54, 1.807) is 4.90 Å². The van der Waals surface area contributed by atoms with Crippen molar-refractivity contribution in [2.75, 3.05) is 6.54 Å². The Kier molecular flexibility index (Phi) is 5.02. The van der Waals surface area contributed by atoms with Gasteiger partial charge < -0.3 is 15.7 Å². The zero-order chi connectivity index (χ0) is 14.6. The summed E-state index contributed by atoms with van der Waals surface area (Å²) >= 11 is 0. The van der Waals surface area contributed by atoms with Crippen molar-refractivity contribution in [1.29, 1.82) is 0 Å². The molecule has 1 aliphatic heterocycles. The number of amides is 1. The fourth-order valence-corrected chi connectivity index (χ4v) is 3.50. The average molecular weight is 282 g/mol. The first-order chi connectivity index (χ1) is 9.52. The first kappa shape index (κ1) is 15.3. The molecule has 0 aromatic carbocycles. The Hall–Kier alpha value is -1.10. The van der Waals surface area contributed by atoms with Gasteiger partial charge in [0.05, 0.1) is 0 Å². The topological polar surface area (TPSA) is 83.6 Å². The molecule has 2 fully saturated rings. The molecule has 1 saturated heterocycles. The number of aliphatic carboxylic acids is 1. The molecule has 3 N–H and O–H groups in total. The van der Waals surface area contributed by atoms with E-state index in [0.29, 0.717) is 19.4 Å². The van der Waals surface area contributed by atoms with Gasteiger partial charge in [-0.3, -0.25) is 4.79 Å². The number of nitrogens with zero attached hydrogens (tertiary/aromatic N) is 1. The summed E-state index contributed by atoms with van der Waals surface area (Å²) in [6.45, 7) is 0.561. The minimum absolute atomic E-state index is 0.0660. The van der Waals surface area contributed by atoms with Crippen molar-refractivity contribution in [3.8, 4) is 0 Å². The van der Waals surface area contributed by atoms with Gasteiger partial charge in [-0.05, 0) is 25.7 Å². The van der Waals surface area contributed by atoms with Crippen LogP contribution in [-0.4, -0.2) is 40.0 Å². The van der Waals surface area contributed by atoms with Crippen molar-refractivity contribution < 1.29 is 14.7 Å². The normalized spacial score (nSPS) is 26.9. The molecular formula is C15H26N2O3. The van der Waals surface area contributed by atoms with Gasteiger partial charge in [-0.25, -0.2) is 4.79 Å². The van der Waals surface area contributed by atoms with Crippen LogP contribution in [0.25, 0.3) is 0 Å². The number of carboxylic acid groups (broad SMARTS) is 1. The largest absolute Gasteiger partial charge is 0.480 e. The van der Waals surface area contributed by atoms with Crippen molar-refractivity contribution in [2.24, 2.45) is 5.73 Å². The molecule has 1 heterocycles. The number of rotatable bonds is 3. The maximum Gasteiger partial charge on any atom is 0.326 e. The van der Waals surface area contributed by atoms with Crippen molar-refractivity contribution in [1.82, 2.24) is 4.90 Å². The van der Waals surface area contributed by atoms with Crippen molar-refractivity contribution in [3.63, 3.8) is 0 Å². The summed E-state index contributed by atoms with van der Waals surface area (Å²) < 4.78 is 0. The van der Waals surface area contributed by atoms with Gasteiger partial charge >= 0.3 is 5.97 Å². The molecule has 0 spiro atoms. The van der Waals surface area contributed by atoms with Crippen LogP contribution in [0.3, 0.4) is 0 Å². The summed E-state index contributed by atoms with van der Waals surface area (Å²) in [5.41, 5.74) is 5.92. The molecule has 2 aliphatic rings. The summed E-state index contributed by atoms with van der Waals surface area (Å²) in [6.07, 6.45) is 8.75. The van der Waals surface area contributed by atoms with Crippen LogP contribution in [0.1, 0.15) is 64.2 Å². The summed E-state index contributed by atoms with van der Waals surface area (Å²) in [6, 6.07) is -0.655. The number of carbonyl (C=O) groups is 2. The second-order valence-corrected chi connectivity index (χ2v) is 6.39. The van der Waals surface area contributed by atoms with Crippen molar-refractivity contribution in [3.05, 3.63) is 0 Å². The number of carbonyl (C=O) groups excluding carboxylic acids is 1. The van der Waals surface area contributed by atoms with Gasteiger partial charge in [-0.15, -0.1) is 0 Å². The van der Waals surface area contributed by atoms with Gasteiger partial charge in [-0.2, -0.15) is 0 Å². The van der Waals surface area contributed by atoms with E-state index in [0.717, 1.165) is 44.9 Å². The number of hydrogen-bond donors (Lipinski definition) is 2. The van der Waals surface area contributed by atoms with Crippen LogP contribution < -0.4 is 5.73 Å². The van der Waals surface area contributed by atoms with Crippen LogP contribution in [0.15, 0.2) is 0 Å². The lowest BCUT2D eigenvalue weighted by atomic mass is 9.80. The van der Waals surface area contributed by atoms with Crippen molar-refractivity contribution in [2.45, 2.75) is 75.8 Å². The van der Waals surface area contributed by atoms with E-state index in [4.69, 9.17) is 5.73 Å². The molecule has 1 saturated carbocycles. The van der Waals surface area contributed by atoms with Gasteiger partial charge in [0, 0.05) is 18.5 Å². The Bertz CT molecular complexity index is 364. The zero-order valence-corrected chi connectivity index (χ0v) is 12.1. The van der Waals surface area contributed by atoms with E-state index in [-0.39, 0.29) is 5.91 Å². The van der Waals surface area contributed by atoms with Crippen LogP contribution >= 0.6 is 0 Å². The molecule has 1 amide bonds. The van der Waals surface area contributed by atoms with E-state index < -0.39 is 17.6 Å². The molecule has 5 nitrogen and oxygen atoms in total. The molecule has 114 valence electrons. The molecule has 0 bridgehead atoms. The highest BCUT2D eigenvalue weighted by Crippen LogP contribution is 2.30. The predicted molar refractivity (Wildman–Crippen MR) is 76.2 cm³/mol. The molecule has 2 rings (SSSR count). The van der Waals surface area contributed by atoms with E-state index >= 15 is 0 Å². The standard InChI is InChI=1S/C15H26N2O3/c16-15(8-4-2-5-9-15)11-13(18)17-10-6-1-3-7-12(17)14(19)20/h12H,1-11,16H2,(H,19,20). The van der Waals surface area contributed by atoms with Crippen LogP contribution in [0.5, 0.6) is 0 Å². The molecule has 5 heteroatoms. The Labute approximate surface area is 120 Å². The number of hydrogen-bond acceptors (Lipinski definition) is 3. The fraction of sp³-hybridized carbons (Fsp3) is 0.867. The van der Waals surface area contributed by atoms with Gasteiger partial charge in [0.25, 0.3) is 0 Å². The maximum absolute atomic E-state index is 12.5. The first-order valence-corrected chi connectivity index (χ1v) is 7.83. The first-order valence-electron chi connectivity index (χ1n) is 7.83. The zero-order valence-electron chi connectivity index (χ0n) is 12.1. The van der Waals surface area contributed by atoms with Crippen LogP contribution in [0, 0.1) is 0 Å². The molecule has 1 aliphatic carbocycles. The fourth-order valence-electron chi connectivity index (χ4n) is 3.50. The van der Waals surface area contributed by atoms with Crippen molar-refractivity contribution >= 4 is 11.9 Å². The second kappa shape index (κ2) is 6.57. The lowest BCUT2D eigenvalue weighted by Crippen LogP contribution is -2.51. The van der Waals surface area contributed by atoms with E-state index in [1.807, 2.05) is 0 Å².